The predicted molar refractivity (Wildman–Crippen MR) is 72.2 cm³/mol. The summed E-state index contributed by atoms with van der Waals surface area (Å²) in [6, 6.07) is 7.07. The maximum atomic E-state index is 13.2. The first kappa shape index (κ1) is 18.7. The smallest absolute Gasteiger partial charge is 0.348 e. The Morgan fingerprint density at radius 3 is 1.95 bits per heavy atom. The molecule has 0 fully saturated rings. The van der Waals surface area contributed by atoms with E-state index in [0.29, 0.717) is 5.56 Å². The molecule has 1 aromatic carbocycles. The summed E-state index contributed by atoms with van der Waals surface area (Å²) in [5.74, 6) is -4.32. The van der Waals surface area contributed by atoms with Gasteiger partial charge in [-0.1, -0.05) is 23.1 Å². The largest absolute Gasteiger partial charge is 0.484 e. The van der Waals surface area contributed by atoms with Crippen molar-refractivity contribution in [2.75, 3.05) is 0 Å². The number of nitriles is 1. The number of nitrogens with zero attached hydrogens (tertiary/aromatic N) is 1. The van der Waals surface area contributed by atoms with Crippen LogP contribution in [0.25, 0.3) is 0 Å². The van der Waals surface area contributed by atoms with Gasteiger partial charge < -0.3 is 4.74 Å². The van der Waals surface area contributed by atoms with Gasteiger partial charge in [0.25, 0.3) is 0 Å². The minimum Gasteiger partial charge on any atom is -0.484 e. The highest BCUT2D eigenvalue weighted by atomic mass is 31.0. The van der Waals surface area contributed by atoms with Crippen LogP contribution in [0.1, 0.15) is 26.3 Å². The van der Waals surface area contributed by atoms with Crippen molar-refractivity contribution in [1.29, 1.82) is 5.26 Å². The highest BCUT2D eigenvalue weighted by Gasteiger charge is 2.57. The van der Waals surface area contributed by atoms with Crippen LogP contribution in [0.2, 0.25) is 0 Å². The van der Waals surface area contributed by atoms with E-state index >= 15 is 0 Å². The van der Waals surface area contributed by atoms with Gasteiger partial charge in [-0.05, 0) is 31.2 Å². The number of hydrogen-bond acceptors (Lipinski definition) is 2. The third kappa shape index (κ3) is 4.64. The molecule has 1 rings (SSSR count). The zero-order valence-corrected chi connectivity index (χ0v) is 12.5. The minimum atomic E-state index is -4.31. The highest BCUT2D eigenvalue weighted by Crippen LogP contribution is 2.42. The summed E-state index contributed by atoms with van der Waals surface area (Å²) in [5, 5.41) is 8.53. The van der Waals surface area contributed by atoms with E-state index in [1.165, 1.54) is 24.3 Å². The van der Waals surface area contributed by atoms with Crippen LogP contribution in [0.15, 0.2) is 24.3 Å². The molecule has 0 aliphatic heterocycles. The molecule has 0 aliphatic rings. The van der Waals surface area contributed by atoms with Gasteiger partial charge in [-0.15, -0.1) is 0 Å². The Hall–Kier alpha value is -1.34. The van der Waals surface area contributed by atoms with Crippen LogP contribution in [0.5, 0.6) is 5.75 Å². The molecule has 2 nitrogen and oxygen atoms in total. The standard InChI is InChI=1S/C11H10F4NOP.C2H6/c1-7(10(12,13)11(14,15)18)17-9-4-2-8(6-16)3-5-9;1-2/h2-5,7H,18H2,1H3;1-2H3. The van der Waals surface area contributed by atoms with Crippen LogP contribution in [0, 0.1) is 11.3 Å². The Kier molecular flexibility index (Phi) is 6.95. The Labute approximate surface area is 117 Å². The first-order valence-corrected chi connectivity index (χ1v) is 6.47. The summed E-state index contributed by atoms with van der Waals surface area (Å²) in [7, 11) is 0.805. The lowest BCUT2D eigenvalue weighted by atomic mass is 10.2. The molecule has 0 amide bonds. The summed E-state index contributed by atoms with van der Waals surface area (Å²) in [4.78, 5) is 0. The number of halogens is 4. The number of hydrogen-bond donors (Lipinski definition) is 0. The van der Waals surface area contributed by atoms with Crippen molar-refractivity contribution in [3.63, 3.8) is 0 Å². The molecule has 0 aliphatic carbocycles. The SMILES string of the molecule is CC.CC(Oc1ccc(C#N)cc1)C(F)(F)C(F)(F)P. The topological polar surface area (TPSA) is 33.0 Å². The van der Waals surface area contributed by atoms with Crippen LogP contribution in [0.3, 0.4) is 0 Å². The van der Waals surface area contributed by atoms with E-state index in [-0.39, 0.29) is 5.75 Å². The molecule has 0 heterocycles. The highest BCUT2D eigenvalue weighted by molar-refractivity contribution is 7.18. The monoisotopic (exact) mass is 309 g/mol. The Morgan fingerprint density at radius 2 is 1.60 bits per heavy atom. The molecule has 2 atom stereocenters. The molecule has 112 valence electrons. The van der Waals surface area contributed by atoms with E-state index in [0.717, 1.165) is 16.2 Å². The van der Waals surface area contributed by atoms with Crippen molar-refractivity contribution in [1.82, 2.24) is 0 Å². The molecule has 0 radical (unpaired) electrons. The van der Waals surface area contributed by atoms with Gasteiger partial charge in [0.15, 0.2) is 6.10 Å². The van der Waals surface area contributed by atoms with Gasteiger partial charge in [0.1, 0.15) is 5.75 Å². The van der Waals surface area contributed by atoms with E-state index in [1.54, 1.807) is 0 Å². The lowest BCUT2D eigenvalue weighted by Gasteiger charge is -2.28. The number of benzene rings is 1. The van der Waals surface area contributed by atoms with Gasteiger partial charge in [-0.25, -0.2) is 0 Å². The Morgan fingerprint density at radius 1 is 1.15 bits per heavy atom. The number of ether oxygens (including phenoxy) is 1. The van der Waals surface area contributed by atoms with Crippen molar-refractivity contribution in [3.8, 4) is 11.8 Å². The van der Waals surface area contributed by atoms with Gasteiger partial charge >= 0.3 is 11.6 Å². The van der Waals surface area contributed by atoms with Crippen LogP contribution in [-0.4, -0.2) is 17.7 Å². The van der Waals surface area contributed by atoms with Crippen molar-refractivity contribution >= 4 is 9.24 Å². The predicted octanol–water partition coefficient (Wildman–Crippen LogP) is 4.45. The Balaban J connectivity index is 0.00000172. The van der Waals surface area contributed by atoms with Gasteiger partial charge in [0.2, 0.25) is 0 Å². The normalized spacial score (nSPS) is 12.8. The van der Waals surface area contributed by atoms with E-state index in [9.17, 15) is 17.6 Å². The second-order valence-electron chi connectivity index (χ2n) is 3.64. The maximum Gasteiger partial charge on any atom is 0.348 e. The molecule has 0 aromatic heterocycles. The first-order chi connectivity index (χ1) is 9.18. The molecular weight excluding hydrogens is 293 g/mol. The van der Waals surface area contributed by atoms with Crippen LogP contribution >= 0.6 is 9.24 Å². The molecule has 2 unspecified atom stereocenters. The zero-order valence-electron chi connectivity index (χ0n) is 11.3. The zero-order chi connectivity index (χ0) is 16.0. The first-order valence-electron chi connectivity index (χ1n) is 5.90. The van der Waals surface area contributed by atoms with Crippen LogP contribution in [0.4, 0.5) is 17.6 Å². The fourth-order valence-electron chi connectivity index (χ4n) is 1.16. The quantitative estimate of drug-likeness (QED) is 0.608. The van der Waals surface area contributed by atoms with E-state index < -0.39 is 17.7 Å². The lowest BCUT2D eigenvalue weighted by molar-refractivity contribution is -0.197. The van der Waals surface area contributed by atoms with Gasteiger partial charge in [-0.2, -0.15) is 22.8 Å². The third-order valence-corrected chi connectivity index (χ3v) is 2.64. The van der Waals surface area contributed by atoms with Crippen molar-refractivity contribution in [2.24, 2.45) is 0 Å². The molecule has 0 bridgehead atoms. The van der Waals surface area contributed by atoms with E-state index in [2.05, 4.69) is 0 Å². The van der Waals surface area contributed by atoms with E-state index in [4.69, 9.17) is 10.00 Å². The Bertz CT molecular complexity index is 451. The average molecular weight is 309 g/mol. The van der Waals surface area contributed by atoms with Gasteiger partial charge in [0.05, 0.1) is 11.6 Å². The fraction of sp³-hybridized carbons (Fsp3) is 0.462. The van der Waals surface area contributed by atoms with E-state index in [1.807, 2.05) is 19.9 Å². The molecule has 0 saturated heterocycles. The lowest BCUT2D eigenvalue weighted by Crippen LogP contribution is -2.47. The molecule has 0 N–H and O–H groups in total. The van der Waals surface area contributed by atoms with Gasteiger partial charge in [-0.3, -0.25) is 0 Å². The molecule has 0 spiro atoms. The maximum absolute atomic E-state index is 13.2. The summed E-state index contributed by atoms with van der Waals surface area (Å²) >= 11 is 0. The number of alkyl halides is 4. The molecular formula is C13H16F4NOP. The number of rotatable bonds is 4. The fourth-order valence-corrected chi connectivity index (χ4v) is 1.39. The second-order valence-corrected chi connectivity index (χ2v) is 4.37. The summed E-state index contributed by atoms with van der Waals surface area (Å²) < 4.78 is 56.5. The van der Waals surface area contributed by atoms with Crippen molar-refractivity contribution in [3.05, 3.63) is 29.8 Å². The summed E-state index contributed by atoms with van der Waals surface area (Å²) in [5.41, 5.74) is -3.93. The van der Waals surface area contributed by atoms with Crippen molar-refractivity contribution in [2.45, 2.75) is 38.5 Å². The van der Waals surface area contributed by atoms with Crippen molar-refractivity contribution < 1.29 is 22.3 Å². The molecule has 1 aromatic rings. The van der Waals surface area contributed by atoms with Gasteiger partial charge in [0, 0.05) is 0 Å². The van der Waals surface area contributed by atoms with Crippen LogP contribution in [-0.2, 0) is 0 Å². The third-order valence-electron chi connectivity index (χ3n) is 2.25. The average Bonchev–Trinajstić information content (AvgIpc) is 2.40. The summed E-state index contributed by atoms with van der Waals surface area (Å²) in [6.07, 6.45) is -2.00. The summed E-state index contributed by atoms with van der Waals surface area (Å²) in [6.45, 7) is 4.86. The molecule has 7 heteroatoms. The van der Waals surface area contributed by atoms with Crippen LogP contribution < -0.4 is 4.74 Å². The molecule has 0 saturated carbocycles. The second kappa shape index (κ2) is 7.44. The minimum absolute atomic E-state index is 0.00424. The molecule has 20 heavy (non-hydrogen) atoms.